The lowest BCUT2D eigenvalue weighted by atomic mass is 9.98. The number of nitrogen functional groups attached to an aromatic ring is 1. The van der Waals surface area contributed by atoms with Crippen LogP contribution in [-0.2, 0) is 9.53 Å². The summed E-state index contributed by atoms with van der Waals surface area (Å²) < 4.78 is 5.14. The minimum Gasteiger partial charge on any atom is -0.466 e. The maximum absolute atomic E-state index is 12.2. The molecule has 0 radical (unpaired) electrons. The van der Waals surface area contributed by atoms with Crippen molar-refractivity contribution in [1.29, 1.82) is 0 Å². The summed E-state index contributed by atoms with van der Waals surface area (Å²) in [7, 11) is 0. The second-order valence-corrected chi connectivity index (χ2v) is 7.02. The monoisotopic (exact) mass is 418 g/mol. The molecule has 2 heterocycles. The summed E-state index contributed by atoms with van der Waals surface area (Å²) in [6, 6.07) is 6.47. The fourth-order valence-electron chi connectivity index (χ4n) is 3.15. The number of halogens is 1. The number of amides is 1. The predicted molar refractivity (Wildman–Crippen MR) is 111 cm³/mol. The van der Waals surface area contributed by atoms with Crippen LogP contribution in [0.3, 0.4) is 0 Å². The van der Waals surface area contributed by atoms with Gasteiger partial charge in [-0.25, -0.2) is 9.97 Å². The number of ether oxygens (including phenoxy) is 1. The maximum atomic E-state index is 12.2. The molecule has 1 fully saturated rings. The molecule has 1 aromatic heterocycles. The highest BCUT2D eigenvalue weighted by atomic mass is 35.5. The number of carbonyl (C=O) groups excluding carboxylic acids is 2. The van der Waals surface area contributed by atoms with E-state index >= 15 is 0 Å². The highest BCUT2D eigenvalue weighted by Gasteiger charge is 2.29. The van der Waals surface area contributed by atoms with E-state index in [0.29, 0.717) is 36.1 Å². The number of nitrogens with two attached hydrogens (primary N) is 1. The van der Waals surface area contributed by atoms with E-state index < -0.39 is 0 Å². The van der Waals surface area contributed by atoms with Crippen LogP contribution in [-0.4, -0.2) is 41.5 Å². The Balaban J connectivity index is 1.68. The van der Waals surface area contributed by atoms with E-state index in [4.69, 9.17) is 22.1 Å². The molecular weight excluding hydrogens is 396 g/mol. The van der Waals surface area contributed by atoms with Crippen molar-refractivity contribution in [3.8, 4) is 0 Å². The number of piperidine rings is 1. The minimum absolute atomic E-state index is 0.210. The van der Waals surface area contributed by atoms with Crippen molar-refractivity contribution < 1.29 is 14.3 Å². The molecule has 1 aliphatic rings. The Hall–Kier alpha value is -3.07. The highest BCUT2D eigenvalue weighted by molar-refractivity contribution is 6.30. The first-order valence-electron chi connectivity index (χ1n) is 9.33. The number of rotatable bonds is 6. The summed E-state index contributed by atoms with van der Waals surface area (Å²) in [6.07, 6.45) is 2.95. The van der Waals surface area contributed by atoms with Crippen molar-refractivity contribution >= 4 is 40.8 Å². The van der Waals surface area contributed by atoms with Gasteiger partial charge in [0.05, 0.1) is 12.5 Å². The molecule has 0 bridgehead atoms. The van der Waals surface area contributed by atoms with Crippen LogP contribution in [0.4, 0.5) is 17.3 Å². The van der Waals surface area contributed by atoms with Gasteiger partial charge in [0, 0.05) is 23.7 Å². The summed E-state index contributed by atoms with van der Waals surface area (Å²) in [4.78, 5) is 34.6. The van der Waals surface area contributed by atoms with Crippen molar-refractivity contribution in [2.24, 2.45) is 5.92 Å². The summed E-state index contributed by atoms with van der Waals surface area (Å²) in [5.74, 6) is -0.00752. The number of nitrogens with one attached hydrogen (secondary N) is 2. The molecule has 4 N–H and O–H groups in total. The van der Waals surface area contributed by atoms with Crippen LogP contribution in [0.5, 0.6) is 0 Å². The van der Waals surface area contributed by atoms with Crippen LogP contribution < -0.4 is 21.5 Å². The van der Waals surface area contributed by atoms with Crippen molar-refractivity contribution in [3.05, 3.63) is 41.2 Å². The first kappa shape index (κ1) is 20.7. The second-order valence-electron chi connectivity index (χ2n) is 6.58. The number of carbonyl (C=O) groups is 2. The standard InChI is InChI=1S/C19H23ClN6O3/c1-2-29-19(28)13-4-3-9-26(10-13)17-15(21)16(22-11-23-17)24-25-18(27)12-5-7-14(20)8-6-12/h5-8,11,13H,2-4,9-10,21H2,1H3,(H,25,27)(H,22,23,24). The average molecular weight is 419 g/mol. The molecule has 1 atom stereocenters. The summed E-state index contributed by atoms with van der Waals surface area (Å²) in [6.45, 7) is 3.33. The fourth-order valence-corrected chi connectivity index (χ4v) is 3.28. The number of hydrazine groups is 1. The van der Waals surface area contributed by atoms with E-state index in [1.165, 1.54) is 6.33 Å². The van der Waals surface area contributed by atoms with Gasteiger partial charge in [0.1, 0.15) is 12.0 Å². The molecule has 0 aliphatic carbocycles. The van der Waals surface area contributed by atoms with E-state index in [1.54, 1.807) is 31.2 Å². The lowest BCUT2D eigenvalue weighted by Gasteiger charge is -2.33. The molecule has 1 saturated heterocycles. The third-order valence-electron chi connectivity index (χ3n) is 4.60. The molecule has 10 heteroatoms. The van der Waals surface area contributed by atoms with Gasteiger partial charge < -0.3 is 15.4 Å². The highest BCUT2D eigenvalue weighted by Crippen LogP contribution is 2.29. The smallest absolute Gasteiger partial charge is 0.310 e. The van der Waals surface area contributed by atoms with E-state index in [1.807, 2.05) is 4.90 Å². The third kappa shape index (κ3) is 5.05. The Morgan fingerprint density at radius 3 is 2.79 bits per heavy atom. The normalized spacial score (nSPS) is 16.2. The van der Waals surface area contributed by atoms with Gasteiger partial charge >= 0.3 is 5.97 Å². The summed E-state index contributed by atoms with van der Waals surface area (Å²) in [5, 5.41) is 0.543. The zero-order chi connectivity index (χ0) is 20.8. The lowest BCUT2D eigenvalue weighted by molar-refractivity contribution is -0.148. The van der Waals surface area contributed by atoms with Gasteiger partial charge in [0.15, 0.2) is 11.6 Å². The van der Waals surface area contributed by atoms with Crippen molar-refractivity contribution in [1.82, 2.24) is 15.4 Å². The van der Waals surface area contributed by atoms with Crippen LogP contribution >= 0.6 is 11.6 Å². The van der Waals surface area contributed by atoms with Crippen molar-refractivity contribution in [3.63, 3.8) is 0 Å². The van der Waals surface area contributed by atoms with Gasteiger partial charge in [0.2, 0.25) is 0 Å². The first-order valence-corrected chi connectivity index (χ1v) is 9.71. The quantitative estimate of drug-likeness (QED) is 0.482. The Kier molecular flexibility index (Phi) is 6.71. The van der Waals surface area contributed by atoms with Gasteiger partial charge in [-0.15, -0.1) is 0 Å². The number of anilines is 3. The minimum atomic E-state index is -0.360. The summed E-state index contributed by atoms with van der Waals surface area (Å²) in [5.41, 5.74) is 12.2. The lowest BCUT2D eigenvalue weighted by Crippen LogP contribution is -2.40. The van der Waals surface area contributed by atoms with Gasteiger partial charge in [-0.3, -0.25) is 20.4 Å². The molecule has 2 aromatic rings. The Morgan fingerprint density at radius 2 is 2.07 bits per heavy atom. The topological polar surface area (TPSA) is 122 Å². The SMILES string of the molecule is CCOC(=O)C1CCCN(c2ncnc(NNC(=O)c3ccc(Cl)cc3)c2N)C1. The molecule has 29 heavy (non-hydrogen) atoms. The van der Waals surface area contributed by atoms with E-state index in [2.05, 4.69) is 20.8 Å². The van der Waals surface area contributed by atoms with E-state index in [9.17, 15) is 9.59 Å². The van der Waals surface area contributed by atoms with Crippen LogP contribution in [0.25, 0.3) is 0 Å². The van der Waals surface area contributed by atoms with Crippen LogP contribution in [0.15, 0.2) is 30.6 Å². The molecule has 1 aromatic carbocycles. The molecule has 1 amide bonds. The van der Waals surface area contributed by atoms with Crippen molar-refractivity contribution in [2.75, 3.05) is 35.8 Å². The molecule has 0 spiro atoms. The number of nitrogens with zero attached hydrogens (tertiary/aromatic N) is 3. The molecule has 0 saturated carbocycles. The number of aromatic nitrogens is 2. The largest absolute Gasteiger partial charge is 0.466 e. The molecule has 3 rings (SSSR count). The van der Waals surface area contributed by atoms with Gasteiger partial charge in [0.25, 0.3) is 5.91 Å². The predicted octanol–water partition coefficient (Wildman–Crippen LogP) is 2.25. The first-order chi connectivity index (χ1) is 14.0. The molecule has 154 valence electrons. The molecule has 1 unspecified atom stereocenters. The maximum Gasteiger partial charge on any atom is 0.310 e. The number of esters is 1. The number of hydrogen-bond donors (Lipinski definition) is 3. The van der Waals surface area contributed by atoms with E-state index in [0.717, 1.165) is 12.8 Å². The molecular formula is C19H23ClN6O3. The Morgan fingerprint density at radius 1 is 1.31 bits per heavy atom. The van der Waals surface area contributed by atoms with Gasteiger partial charge in [-0.2, -0.15) is 0 Å². The average Bonchev–Trinajstić information content (AvgIpc) is 2.73. The van der Waals surface area contributed by atoms with E-state index in [-0.39, 0.29) is 29.3 Å². The fraction of sp³-hybridized carbons (Fsp3) is 0.368. The van der Waals surface area contributed by atoms with Crippen molar-refractivity contribution in [2.45, 2.75) is 19.8 Å². The Bertz CT molecular complexity index is 877. The zero-order valence-electron chi connectivity index (χ0n) is 16.0. The second kappa shape index (κ2) is 9.42. The molecule has 9 nitrogen and oxygen atoms in total. The van der Waals surface area contributed by atoms with Crippen LogP contribution in [0.1, 0.15) is 30.1 Å². The summed E-state index contributed by atoms with van der Waals surface area (Å²) >= 11 is 5.83. The van der Waals surface area contributed by atoms with Crippen LogP contribution in [0, 0.1) is 5.92 Å². The number of hydrogen-bond acceptors (Lipinski definition) is 8. The third-order valence-corrected chi connectivity index (χ3v) is 4.86. The zero-order valence-corrected chi connectivity index (χ0v) is 16.8. The van der Waals surface area contributed by atoms with Gasteiger partial charge in [-0.1, -0.05) is 11.6 Å². The van der Waals surface area contributed by atoms with Crippen LogP contribution in [0.2, 0.25) is 5.02 Å². The molecule has 1 aliphatic heterocycles. The Labute approximate surface area is 173 Å². The number of benzene rings is 1. The van der Waals surface area contributed by atoms with Gasteiger partial charge in [-0.05, 0) is 44.0 Å².